The second-order valence-corrected chi connectivity index (χ2v) is 5.50. The van der Waals surface area contributed by atoms with Crippen molar-refractivity contribution >= 4 is 8.96 Å². The van der Waals surface area contributed by atoms with Crippen molar-refractivity contribution in [1.29, 1.82) is 0 Å². The fourth-order valence-corrected chi connectivity index (χ4v) is 2.20. The maximum absolute atomic E-state index is 3.73. The molecule has 0 aliphatic heterocycles. The minimum atomic E-state index is -0.581. The predicted octanol–water partition coefficient (Wildman–Crippen LogP) is 1.48. The Hall–Kier alpha value is -0.0831. The van der Waals surface area contributed by atoms with E-state index in [9.17, 15) is 0 Å². The van der Waals surface area contributed by atoms with Crippen LogP contribution in [-0.2, 0) is 0 Å². The van der Waals surface area contributed by atoms with E-state index in [0.717, 1.165) is 0 Å². The van der Waals surface area contributed by atoms with Crippen LogP contribution in [0.15, 0.2) is 12.7 Å². The lowest BCUT2D eigenvalue weighted by Crippen LogP contribution is -2.32. The average molecular weight is 143 g/mol. The first-order chi connectivity index (χ1) is 4.22. The van der Waals surface area contributed by atoms with Gasteiger partial charge in [0.25, 0.3) is 0 Å². The zero-order chi connectivity index (χ0) is 7.28. The second-order valence-electron chi connectivity index (χ2n) is 2.45. The van der Waals surface area contributed by atoms with E-state index >= 15 is 0 Å². The lowest BCUT2D eigenvalue weighted by Gasteiger charge is -2.19. The van der Waals surface area contributed by atoms with Crippen molar-refractivity contribution in [2.45, 2.75) is 19.5 Å². The summed E-state index contributed by atoms with van der Waals surface area (Å²) in [5.41, 5.74) is 0. The van der Waals surface area contributed by atoms with Gasteiger partial charge in [0, 0.05) is 0 Å². The van der Waals surface area contributed by atoms with Crippen LogP contribution in [0.1, 0.15) is 6.92 Å². The van der Waals surface area contributed by atoms with Crippen LogP contribution in [-0.4, -0.2) is 27.1 Å². The molecule has 0 aliphatic carbocycles. The fourth-order valence-electron chi connectivity index (χ4n) is 0.733. The summed E-state index contributed by atoms with van der Waals surface area (Å²) in [6.07, 6.45) is 2.03. The Kier molecular flexibility index (Phi) is 4.72. The molecule has 54 valence electrons. The molecule has 1 unspecified atom stereocenters. The van der Waals surface area contributed by atoms with Gasteiger partial charge < -0.3 is 4.57 Å². The van der Waals surface area contributed by atoms with Gasteiger partial charge in [-0.25, -0.2) is 0 Å². The predicted molar refractivity (Wildman–Crippen MR) is 46.3 cm³/mol. The summed E-state index contributed by atoms with van der Waals surface area (Å²) in [4.78, 5) is 0. The SMILES string of the molecule is C=CC[SiH](C)N(C)CC. The van der Waals surface area contributed by atoms with E-state index in [0.29, 0.717) is 0 Å². The van der Waals surface area contributed by atoms with Gasteiger partial charge in [0.2, 0.25) is 0 Å². The number of rotatable bonds is 4. The summed E-state index contributed by atoms with van der Waals surface area (Å²) >= 11 is 0. The molecule has 0 saturated heterocycles. The number of allylic oxidation sites excluding steroid dienone is 1. The number of hydrogen-bond donors (Lipinski definition) is 0. The van der Waals surface area contributed by atoms with Crippen molar-refractivity contribution in [1.82, 2.24) is 4.57 Å². The van der Waals surface area contributed by atoms with E-state index in [1.165, 1.54) is 12.6 Å². The second kappa shape index (κ2) is 4.76. The zero-order valence-electron chi connectivity index (χ0n) is 6.72. The van der Waals surface area contributed by atoms with Crippen molar-refractivity contribution in [2.75, 3.05) is 13.6 Å². The van der Waals surface area contributed by atoms with Gasteiger partial charge in [0.1, 0.15) is 8.96 Å². The Morgan fingerprint density at radius 2 is 2.22 bits per heavy atom. The Morgan fingerprint density at radius 3 is 2.56 bits per heavy atom. The third kappa shape index (κ3) is 3.49. The highest BCUT2D eigenvalue weighted by atomic mass is 28.3. The smallest absolute Gasteiger partial charge is 0.112 e. The quantitative estimate of drug-likeness (QED) is 0.425. The van der Waals surface area contributed by atoms with Crippen LogP contribution >= 0.6 is 0 Å². The molecule has 0 saturated carbocycles. The van der Waals surface area contributed by atoms with E-state index in [1.54, 1.807) is 0 Å². The van der Waals surface area contributed by atoms with Crippen LogP contribution in [0, 0.1) is 0 Å². The molecule has 0 aromatic rings. The van der Waals surface area contributed by atoms with Crippen molar-refractivity contribution in [2.24, 2.45) is 0 Å². The molecule has 0 N–H and O–H groups in total. The van der Waals surface area contributed by atoms with Gasteiger partial charge in [-0.05, 0) is 19.6 Å². The van der Waals surface area contributed by atoms with Crippen LogP contribution in [0.4, 0.5) is 0 Å². The largest absolute Gasteiger partial charge is 0.329 e. The van der Waals surface area contributed by atoms with Crippen molar-refractivity contribution in [3.05, 3.63) is 12.7 Å². The highest BCUT2D eigenvalue weighted by Crippen LogP contribution is 1.96. The van der Waals surface area contributed by atoms with E-state index in [2.05, 4.69) is 31.7 Å². The standard InChI is InChI=1S/C7H17NSi/c1-5-7-9(4)8(3)6-2/h5,9H,1,6-7H2,2-4H3. The molecule has 1 nitrogen and oxygen atoms in total. The van der Waals surface area contributed by atoms with Crippen LogP contribution < -0.4 is 0 Å². The van der Waals surface area contributed by atoms with E-state index in [1.807, 2.05) is 6.08 Å². The van der Waals surface area contributed by atoms with Gasteiger partial charge in [-0.15, -0.1) is 6.58 Å². The zero-order valence-corrected chi connectivity index (χ0v) is 7.88. The molecule has 0 aliphatic rings. The highest BCUT2D eigenvalue weighted by molar-refractivity contribution is 6.54. The summed E-state index contributed by atoms with van der Waals surface area (Å²) in [6, 6.07) is 1.23. The van der Waals surface area contributed by atoms with Crippen molar-refractivity contribution in [3.8, 4) is 0 Å². The van der Waals surface area contributed by atoms with E-state index in [-0.39, 0.29) is 0 Å². The Balaban J connectivity index is 3.44. The van der Waals surface area contributed by atoms with Crippen LogP contribution in [0.3, 0.4) is 0 Å². The average Bonchev–Trinajstić information content (AvgIpc) is 1.87. The monoisotopic (exact) mass is 143 g/mol. The molecule has 1 atom stereocenters. The minimum absolute atomic E-state index is 0.581. The van der Waals surface area contributed by atoms with Crippen LogP contribution in [0.25, 0.3) is 0 Å². The van der Waals surface area contributed by atoms with Gasteiger partial charge in [0.05, 0.1) is 0 Å². The van der Waals surface area contributed by atoms with Gasteiger partial charge in [-0.2, -0.15) is 0 Å². The fraction of sp³-hybridized carbons (Fsp3) is 0.714. The molecule has 0 fully saturated rings. The highest BCUT2D eigenvalue weighted by Gasteiger charge is 2.04. The van der Waals surface area contributed by atoms with E-state index < -0.39 is 8.96 Å². The lowest BCUT2D eigenvalue weighted by atomic mass is 10.8. The van der Waals surface area contributed by atoms with Gasteiger partial charge in [-0.3, -0.25) is 0 Å². The van der Waals surface area contributed by atoms with E-state index in [4.69, 9.17) is 0 Å². The van der Waals surface area contributed by atoms with Crippen molar-refractivity contribution in [3.63, 3.8) is 0 Å². The van der Waals surface area contributed by atoms with Crippen LogP contribution in [0.2, 0.25) is 12.6 Å². The topological polar surface area (TPSA) is 3.24 Å². The molecule has 0 aromatic heterocycles. The lowest BCUT2D eigenvalue weighted by molar-refractivity contribution is 0.553. The summed E-state index contributed by atoms with van der Waals surface area (Å²) < 4.78 is 2.45. The Labute approximate surface area is 60.1 Å². The molecular weight excluding hydrogens is 126 g/mol. The molecule has 0 amide bonds. The van der Waals surface area contributed by atoms with Gasteiger partial charge in [0.15, 0.2) is 0 Å². The van der Waals surface area contributed by atoms with Crippen LogP contribution in [0.5, 0.6) is 0 Å². The molecule has 0 bridgehead atoms. The third-order valence-corrected chi connectivity index (χ3v) is 4.64. The molecule has 0 aromatic carbocycles. The maximum atomic E-state index is 3.73. The molecule has 2 heteroatoms. The van der Waals surface area contributed by atoms with Gasteiger partial charge >= 0.3 is 0 Å². The molecule has 0 rings (SSSR count). The first-order valence-corrected chi connectivity index (χ1v) is 6.02. The molecule has 0 spiro atoms. The summed E-state index contributed by atoms with van der Waals surface area (Å²) in [6.45, 7) is 9.46. The van der Waals surface area contributed by atoms with Gasteiger partial charge in [-0.1, -0.05) is 19.5 Å². The first-order valence-electron chi connectivity index (χ1n) is 3.53. The molecule has 0 radical (unpaired) electrons. The third-order valence-electron chi connectivity index (χ3n) is 1.76. The number of nitrogens with zero attached hydrogens (tertiary/aromatic N) is 1. The first kappa shape index (κ1) is 8.92. The Morgan fingerprint density at radius 1 is 1.67 bits per heavy atom. The Bertz CT molecular complexity index is 83.0. The molecule has 0 heterocycles. The molecular formula is C7H17NSi. The van der Waals surface area contributed by atoms with Crippen molar-refractivity contribution < 1.29 is 0 Å². The summed E-state index contributed by atoms with van der Waals surface area (Å²) in [7, 11) is 1.61. The summed E-state index contributed by atoms with van der Waals surface area (Å²) in [5, 5.41) is 0. The number of hydrogen-bond acceptors (Lipinski definition) is 1. The maximum Gasteiger partial charge on any atom is 0.112 e. The molecule has 9 heavy (non-hydrogen) atoms. The normalized spacial score (nSPS) is 13.8. The minimum Gasteiger partial charge on any atom is -0.329 e. The summed E-state index contributed by atoms with van der Waals surface area (Å²) in [5.74, 6) is 0.